The van der Waals surface area contributed by atoms with E-state index in [0.29, 0.717) is 42.5 Å². The Morgan fingerprint density at radius 2 is 1.77 bits per heavy atom. The quantitative estimate of drug-likeness (QED) is 0.638. The van der Waals surface area contributed by atoms with Crippen molar-refractivity contribution in [3.05, 3.63) is 58.9 Å². The number of methoxy groups -OCH3 is 1. The highest BCUT2D eigenvalue weighted by Crippen LogP contribution is 2.25. The fourth-order valence-electron chi connectivity index (χ4n) is 3.53. The minimum atomic E-state index is -0.0816. The molecule has 2 aromatic heterocycles. The molecule has 3 heterocycles. The molecule has 0 radical (unpaired) electrons. The number of aryl methyl sites for hydroxylation is 1. The van der Waals surface area contributed by atoms with Gasteiger partial charge in [0.2, 0.25) is 0 Å². The summed E-state index contributed by atoms with van der Waals surface area (Å²) in [6, 6.07) is 7.03. The number of carbonyl (C=O) groups excluding carboxylic acids is 1. The van der Waals surface area contributed by atoms with Crippen LogP contribution in [0.15, 0.2) is 36.9 Å². The number of nitrogens with zero attached hydrogens (tertiary/aromatic N) is 6. The highest BCUT2D eigenvalue weighted by Gasteiger charge is 2.25. The lowest BCUT2D eigenvalue weighted by molar-refractivity contribution is 0.0743. The molecule has 0 aliphatic carbocycles. The van der Waals surface area contributed by atoms with Crippen LogP contribution in [0, 0.1) is 13.8 Å². The van der Waals surface area contributed by atoms with E-state index in [2.05, 4.69) is 19.9 Å². The van der Waals surface area contributed by atoms with Gasteiger partial charge in [-0.05, 0) is 32.0 Å². The number of halogens is 1. The van der Waals surface area contributed by atoms with E-state index >= 15 is 0 Å². The molecule has 1 aliphatic rings. The maximum atomic E-state index is 13.0. The number of anilines is 1. The lowest BCUT2D eigenvalue weighted by Gasteiger charge is -2.35. The van der Waals surface area contributed by atoms with Gasteiger partial charge in [-0.1, -0.05) is 11.6 Å². The third-order valence-corrected chi connectivity index (χ3v) is 5.65. The number of rotatable bonds is 4. The van der Waals surface area contributed by atoms with Gasteiger partial charge in [0.15, 0.2) is 0 Å². The molecule has 0 saturated carbocycles. The van der Waals surface area contributed by atoms with Gasteiger partial charge in [-0.15, -0.1) is 0 Å². The van der Waals surface area contributed by atoms with Crippen molar-refractivity contribution in [3.63, 3.8) is 0 Å². The second-order valence-corrected chi connectivity index (χ2v) is 7.58. The number of imidazole rings is 1. The summed E-state index contributed by atoms with van der Waals surface area (Å²) in [7, 11) is 1.55. The molecule has 0 atom stereocenters. The maximum Gasteiger partial charge on any atom is 0.257 e. The van der Waals surface area contributed by atoms with Crippen LogP contribution in [0.4, 0.5) is 5.82 Å². The molecular formula is C21H23ClN6O2. The lowest BCUT2D eigenvalue weighted by Crippen LogP contribution is -2.49. The fraction of sp³-hybridized carbons (Fsp3) is 0.333. The number of carbonyl (C=O) groups is 1. The molecule has 1 aliphatic heterocycles. The van der Waals surface area contributed by atoms with Crippen molar-refractivity contribution in [2.45, 2.75) is 13.8 Å². The predicted molar refractivity (Wildman–Crippen MR) is 115 cm³/mol. The Bertz CT molecular complexity index is 1080. The van der Waals surface area contributed by atoms with Crippen molar-refractivity contribution in [1.29, 1.82) is 0 Å². The molecule has 0 unspecified atom stereocenters. The van der Waals surface area contributed by atoms with Gasteiger partial charge in [0, 0.05) is 43.0 Å². The Kier molecular flexibility index (Phi) is 5.59. The summed E-state index contributed by atoms with van der Waals surface area (Å²) < 4.78 is 7.28. The smallest absolute Gasteiger partial charge is 0.257 e. The first-order chi connectivity index (χ1) is 14.5. The number of aromatic nitrogens is 4. The highest BCUT2D eigenvalue weighted by molar-refractivity contribution is 6.31. The third-order valence-electron chi connectivity index (χ3n) is 5.42. The second kappa shape index (κ2) is 8.31. The van der Waals surface area contributed by atoms with Crippen LogP contribution in [0.25, 0.3) is 5.82 Å². The van der Waals surface area contributed by atoms with E-state index in [1.807, 2.05) is 29.4 Å². The van der Waals surface area contributed by atoms with Gasteiger partial charge >= 0.3 is 0 Å². The average molecular weight is 427 g/mol. The standard InChI is InChI=1S/C21H23ClN6O2/c1-14-15(2)28(13-25-14)20-11-19(23-12-24-20)26-6-8-27(9-7-26)21(29)17-10-16(22)4-5-18(17)30-3/h4-5,10-13H,6-9H2,1-3H3. The first-order valence-electron chi connectivity index (χ1n) is 9.68. The SMILES string of the molecule is COc1ccc(Cl)cc1C(=O)N1CCN(c2cc(-n3cnc(C)c3C)ncn2)CC1. The van der Waals surface area contributed by atoms with Crippen molar-refractivity contribution in [3.8, 4) is 11.6 Å². The fourth-order valence-corrected chi connectivity index (χ4v) is 3.70. The van der Waals surface area contributed by atoms with Crippen LogP contribution in [0.2, 0.25) is 5.02 Å². The van der Waals surface area contributed by atoms with Crippen LogP contribution >= 0.6 is 11.6 Å². The van der Waals surface area contributed by atoms with Gasteiger partial charge in [0.25, 0.3) is 5.91 Å². The largest absolute Gasteiger partial charge is 0.496 e. The Morgan fingerprint density at radius 3 is 2.43 bits per heavy atom. The first kappa shape index (κ1) is 20.2. The molecule has 0 N–H and O–H groups in total. The van der Waals surface area contributed by atoms with Gasteiger partial charge < -0.3 is 14.5 Å². The number of benzene rings is 1. The number of piperazine rings is 1. The van der Waals surface area contributed by atoms with E-state index in [4.69, 9.17) is 16.3 Å². The van der Waals surface area contributed by atoms with E-state index in [0.717, 1.165) is 23.0 Å². The molecule has 1 fully saturated rings. The number of ether oxygens (including phenoxy) is 1. The van der Waals surface area contributed by atoms with Crippen molar-refractivity contribution in [2.24, 2.45) is 0 Å². The number of hydrogen-bond donors (Lipinski definition) is 0. The molecule has 8 nitrogen and oxygen atoms in total. The van der Waals surface area contributed by atoms with Crippen molar-refractivity contribution in [2.75, 3.05) is 38.2 Å². The zero-order valence-corrected chi connectivity index (χ0v) is 17.9. The van der Waals surface area contributed by atoms with Crippen LogP contribution in [-0.2, 0) is 0 Å². The van der Waals surface area contributed by atoms with Crippen LogP contribution in [0.3, 0.4) is 0 Å². The first-order valence-corrected chi connectivity index (χ1v) is 10.1. The topological polar surface area (TPSA) is 76.4 Å². The van der Waals surface area contributed by atoms with Gasteiger partial charge in [-0.25, -0.2) is 15.0 Å². The minimum Gasteiger partial charge on any atom is -0.496 e. The lowest BCUT2D eigenvalue weighted by atomic mass is 10.1. The van der Waals surface area contributed by atoms with Gasteiger partial charge in [0.05, 0.1) is 18.4 Å². The second-order valence-electron chi connectivity index (χ2n) is 7.14. The van der Waals surface area contributed by atoms with Crippen LogP contribution in [0.5, 0.6) is 5.75 Å². The molecule has 0 spiro atoms. The molecule has 4 rings (SSSR count). The van der Waals surface area contributed by atoms with E-state index in [9.17, 15) is 4.79 Å². The molecular weight excluding hydrogens is 404 g/mol. The molecule has 1 saturated heterocycles. The van der Waals surface area contributed by atoms with Crippen LogP contribution in [0.1, 0.15) is 21.7 Å². The minimum absolute atomic E-state index is 0.0816. The summed E-state index contributed by atoms with van der Waals surface area (Å²) in [6.07, 6.45) is 3.33. The van der Waals surface area contributed by atoms with Gasteiger partial charge in [-0.2, -0.15) is 0 Å². The van der Waals surface area contributed by atoms with Crippen LogP contribution in [-0.4, -0.2) is 63.6 Å². The van der Waals surface area contributed by atoms with Crippen molar-refractivity contribution in [1.82, 2.24) is 24.4 Å². The van der Waals surface area contributed by atoms with E-state index in [1.54, 1.807) is 38.0 Å². The van der Waals surface area contributed by atoms with Crippen LogP contribution < -0.4 is 9.64 Å². The number of hydrogen-bond acceptors (Lipinski definition) is 6. The van der Waals surface area contributed by atoms with Gasteiger partial charge in [-0.3, -0.25) is 9.36 Å². The van der Waals surface area contributed by atoms with E-state index in [1.165, 1.54) is 0 Å². The average Bonchev–Trinajstić information content (AvgIpc) is 3.11. The monoisotopic (exact) mass is 426 g/mol. The summed E-state index contributed by atoms with van der Waals surface area (Å²) >= 11 is 6.08. The Balaban J connectivity index is 1.48. The summed E-state index contributed by atoms with van der Waals surface area (Å²) in [4.78, 5) is 30.1. The predicted octanol–water partition coefficient (Wildman–Crippen LogP) is 2.90. The van der Waals surface area contributed by atoms with Crippen molar-refractivity contribution >= 4 is 23.3 Å². The summed E-state index contributed by atoms with van der Waals surface area (Å²) in [5, 5.41) is 0.510. The summed E-state index contributed by atoms with van der Waals surface area (Å²) in [5.41, 5.74) is 2.50. The Hall–Kier alpha value is -3.13. The Labute approximate surface area is 180 Å². The van der Waals surface area contributed by atoms with Crippen molar-refractivity contribution < 1.29 is 9.53 Å². The van der Waals surface area contributed by atoms with E-state index < -0.39 is 0 Å². The zero-order chi connectivity index (χ0) is 21.3. The summed E-state index contributed by atoms with van der Waals surface area (Å²) in [5.74, 6) is 2.05. The van der Waals surface area contributed by atoms with Gasteiger partial charge in [0.1, 0.15) is 30.0 Å². The molecule has 3 aromatic rings. The maximum absolute atomic E-state index is 13.0. The van der Waals surface area contributed by atoms with E-state index in [-0.39, 0.29) is 5.91 Å². The molecule has 30 heavy (non-hydrogen) atoms. The molecule has 9 heteroatoms. The normalized spacial score (nSPS) is 14.1. The number of amides is 1. The molecule has 0 bridgehead atoms. The highest BCUT2D eigenvalue weighted by atomic mass is 35.5. The molecule has 156 valence electrons. The molecule has 1 amide bonds. The zero-order valence-electron chi connectivity index (χ0n) is 17.2. The summed E-state index contributed by atoms with van der Waals surface area (Å²) in [6.45, 7) is 6.49. The third kappa shape index (κ3) is 3.82. The molecule has 1 aromatic carbocycles. The Morgan fingerprint density at radius 1 is 1.03 bits per heavy atom.